The van der Waals surface area contributed by atoms with Crippen molar-refractivity contribution in [3.05, 3.63) is 47.4 Å². The Labute approximate surface area is 122 Å². The molecule has 1 aromatic carbocycles. The summed E-state index contributed by atoms with van der Waals surface area (Å²) in [6, 6.07) is 8.56. The van der Waals surface area contributed by atoms with Crippen molar-refractivity contribution in [2.45, 2.75) is 10.6 Å². The lowest BCUT2D eigenvalue weighted by molar-refractivity contribution is 0.426. The van der Waals surface area contributed by atoms with E-state index < -0.39 is 5.82 Å². The van der Waals surface area contributed by atoms with Gasteiger partial charge in [-0.2, -0.15) is 4.98 Å². The number of benzene rings is 1. The van der Waals surface area contributed by atoms with Crippen molar-refractivity contribution in [3.63, 3.8) is 0 Å². The second-order valence-corrected chi connectivity index (χ2v) is 5.96. The van der Waals surface area contributed by atoms with Crippen LogP contribution in [0.2, 0.25) is 0 Å². The van der Waals surface area contributed by atoms with Crippen LogP contribution in [0.25, 0.3) is 10.8 Å². The summed E-state index contributed by atoms with van der Waals surface area (Å²) >= 11 is 2.97. The van der Waals surface area contributed by atoms with Crippen molar-refractivity contribution < 1.29 is 8.91 Å². The lowest BCUT2D eigenvalue weighted by Crippen LogP contribution is -1.90. The van der Waals surface area contributed by atoms with Crippen LogP contribution in [0.5, 0.6) is 0 Å². The van der Waals surface area contributed by atoms with Crippen molar-refractivity contribution in [1.82, 2.24) is 10.1 Å². The van der Waals surface area contributed by atoms with Crippen LogP contribution in [0.4, 0.5) is 10.1 Å². The maximum Gasteiger partial charge on any atom is 0.268 e. The second kappa shape index (κ2) is 5.64. The normalized spacial score (nSPS) is 10.8. The molecule has 4 nitrogen and oxygen atoms in total. The van der Waals surface area contributed by atoms with Gasteiger partial charge in [0.15, 0.2) is 5.82 Å². The molecule has 0 spiro atoms. The van der Waals surface area contributed by atoms with Gasteiger partial charge in [0.2, 0.25) is 0 Å². The van der Waals surface area contributed by atoms with E-state index in [1.807, 2.05) is 17.5 Å². The quantitative estimate of drug-likeness (QED) is 0.586. The van der Waals surface area contributed by atoms with E-state index in [1.54, 1.807) is 23.5 Å². The first-order chi connectivity index (χ1) is 9.72. The molecule has 20 heavy (non-hydrogen) atoms. The van der Waals surface area contributed by atoms with E-state index in [9.17, 15) is 4.39 Å². The van der Waals surface area contributed by atoms with E-state index in [2.05, 4.69) is 10.1 Å². The Morgan fingerprint density at radius 1 is 1.35 bits per heavy atom. The van der Waals surface area contributed by atoms with Crippen molar-refractivity contribution in [1.29, 1.82) is 0 Å². The first-order valence-corrected chi connectivity index (χ1v) is 7.63. The van der Waals surface area contributed by atoms with Gasteiger partial charge >= 0.3 is 0 Å². The Balaban J connectivity index is 1.68. The fourth-order valence-corrected chi connectivity index (χ4v) is 2.97. The maximum absolute atomic E-state index is 13.3. The summed E-state index contributed by atoms with van der Waals surface area (Å²) in [4.78, 5) is 6.02. The van der Waals surface area contributed by atoms with Crippen molar-refractivity contribution in [2.75, 3.05) is 5.73 Å². The number of aromatic nitrogens is 2. The highest BCUT2D eigenvalue weighted by Gasteiger charge is 2.10. The van der Waals surface area contributed by atoms with Crippen LogP contribution in [0.15, 0.2) is 45.1 Å². The number of thiophene rings is 1. The predicted molar refractivity (Wildman–Crippen MR) is 78.0 cm³/mol. The highest BCUT2D eigenvalue weighted by Crippen LogP contribution is 2.27. The van der Waals surface area contributed by atoms with Crippen LogP contribution in [0.1, 0.15) is 5.82 Å². The molecular formula is C13H10FN3OS2. The molecule has 7 heteroatoms. The summed E-state index contributed by atoms with van der Waals surface area (Å²) < 4.78 is 18.5. The van der Waals surface area contributed by atoms with Gasteiger partial charge in [0.05, 0.1) is 16.3 Å². The summed E-state index contributed by atoms with van der Waals surface area (Å²) in [7, 11) is 0. The Morgan fingerprint density at radius 3 is 3.00 bits per heavy atom. The molecule has 3 rings (SSSR count). The number of nitrogens with two attached hydrogens (primary N) is 1. The fraction of sp³-hybridized carbons (Fsp3) is 0.0769. The molecule has 3 aromatic rings. The van der Waals surface area contributed by atoms with Gasteiger partial charge in [-0.15, -0.1) is 23.1 Å². The van der Waals surface area contributed by atoms with Gasteiger partial charge in [0, 0.05) is 4.90 Å². The molecule has 0 amide bonds. The van der Waals surface area contributed by atoms with Crippen molar-refractivity contribution >= 4 is 28.8 Å². The zero-order chi connectivity index (χ0) is 13.9. The number of nitrogen functional groups attached to an aromatic ring is 1. The summed E-state index contributed by atoms with van der Waals surface area (Å²) in [6.07, 6.45) is 0. The molecule has 0 aliphatic heterocycles. The highest BCUT2D eigenvalue weighted by molar-refractivity contribution is 7.98. The van der Waals surface area contributed by atoms with E-state index in [-0.39, 0.29) is 5.69 Å². The molecule has 0 bridgehead atoms. The molecule has 0 atom stereocenters. The average molecular weight is 307 g/mol. The number of nitrogens with zero attached hydrogens (tertiary/aromatic N) is 2. The smallest absolute Gasteiger partial charge is 0.268 e. The molecule has 102 valence electrons. The van der Waals surface area contributed by atoms with Crippen LogP contribution < -0.4 is 5.73 Å². The Kier molecular flexibility index (Phi) is 3.70. The van der Waals surface area contributed by atoms with E-state index in [1.165, 1.54) is 17.8 Å². The monoisotopic (exact) mass is 307 g/mol. The molecule has 0 saturated carbocycles. The molecule has 0 aliphatic carbocycles. The third-order valence-electron chi connectivity index (χ3n) is 2.54. The van der Waals surface area contributed by atoms with Gasteiger partial charge in [-0.1, -0.05) is 11.2 Å². The molecule has 0 radical (unpaired) electrons. The standard InChI is InChI=1S/C13H10FN3OS2/c14-9-6-8(3-4-10(9)15)20-7-12-16-13(18-17-12)11-2-1-5-19-11/h1-6H,7,15H2. The van der Waals surface area contributed by atoms with Gasteiger partial charge in [-0.3, -0.25) is 0 Å². The van der Waals surface area contributed by atoms with Crippen LogP contribution in [-0.4, -0.2) is 10.1 Å². The van der Waals surface area contributed by atoms with Crippen molar-refractivity contribution in [2.24, 2.45) is 0 Å². The number of anilines is 1. The Hall–Kier alpha value is -1.86. The maximum atomic E-state index is 13.3. The van der Waals surface area contributed by atoms with Gasteiger partial charge in [-0.05, 0) is 29.6 Å². The average Bonchev–Trinajstić information content (AvgIpc) is 3.09. The van der Waals surface area contributed by atoms with Crippen molar-refractivity contribution in [3.8, 4) is 10.8 Å². The SMILES string of the molecule is Nc1ccc(SCc2noc(-c3cccs3)n2)cc1F. The fourth-order valence-electron chi connectivity index (χ4n) is 1.56. The topological polar surface area (TPSA) is 64.9 Å². The molecule has 2 heterocycles. The largest absolute Gasteiger partial charge is 0.396 e. The van der Waals surface area contributed by atoms with E-state index in [4.69, 9.17) is 10.3 Å². The number of hydrogen-bond acceptors (Lipinski definition) is 6. The summed E-state index contributed by atoms with van der Waals surface area (Å²) in [5, 5.41) is 5.86. The second-order valence-electron chi connectivity index (χ2n) is 3.97. The molecule has 0 fully saturated rings. The Bertz CT molecular complexity index is 712. The lowest BCUT2D eigenvalue weighted by atomic mass is 10.3. The van der Waals surface area contributed by atoms with Crippen LogP contribution in [0, 0.1) is 5.82 Å². The summed E-state index contributed by atoms with van der Waals surface area (Å²) in [5.74, 6) is 1.19. The minimum absolute atomic E-state index is 0.147. The van der Waals surface area contributed by atoms with E-state index in [0.717, 1.165) is 9.77 Å². The van der Waals surface area contributed by atoms with Gasteiger partial charge < -0.3 is 10.3 Å². The van der Waals surface area contributed by atoms with Gasteiger partial charge in [0.1, 0.15) is 5.82 Å². The first-order valence-electron chi connectivity index (χ1n) is 5.76. The van der Waals surface area contributed by atoms with E-state index in [0.29, 0.717) is 17.5 Å². The van der Waals surface area contributed by atoms with E-state index >= 15 is 0 Å². The zero-order valence-corrected chi connectivity index (χ0v) is 11.9. The molecule has 2 N–H and O–H groups in total. The molecule has 0 saturated heterocycles. The minimum Gasteiger partial charge on any atom is -0.396 e. The lowest BCUT2D eigenvalue weighted by Gasteiger charge is -2.00. The van der Waals surface area contributed by atoms with Gasteiger partial charge in [0.25, 0.3) is 5.89 Å². The summed E-state index contributed by atoms with van der Waals surface area (Å²) in [5.41, 5.74) is 5.58. The Morgan fingerprint density at radius 2 is 2.25 bits per heavy atom. The summed E-state index contributed by atoms with van der Waals surface area (Å²) in [6.45, 7) is 0. The number of hydrogen-bond donors (Lipinski definition) is 1. The number of rotatable bonds is 4. The molecule has 0 aliphatic rings. The molecular weight excluding hydrogens is 297 g/mol. The predicted octanol–water partition coefficient (Wildman–Crippen LogP) is 3.81. The molecule has 0 unspecified atom stereocenters. The van der Waals surface area contributed by atoms with Crippen LogP contribution in [-0.2, 0) is 5.75 Å². The number of thioether (sulfide) groups is 1. The van der Waals surface area contributed by atoms with Crippen LogP contribution >= 0.6 is 23.1 Å². The first kappa shape index (κ1) is 13.1. The zero-order valence-electron chi connectivity index (χ0n) is 10.2. The number of halogens is 1. The third kappa shape index (κ3) is 2.83. The minimum atomic E-state index is -0.414. The van der Waals surface area contributed by atoms with Gasteiger partial charge in [-0.25, -0.2) is 4.39 Å². The third-order valence-corrected chi connectivity index (χ3v) is 4.39. The highest BCUT2D eigenvalue weighted by atomic mass is 32.2. The van der Waals surface area contributed by atoms with Crippen LogP contribution in [0.3, 0.4) is 0 Å². The molecule has 2 aromatic heterocycles.